The number of hydrogen-bond acceptors (Lipinski definition) is 4. The number of benzene rings is 1. The standard InChI is InChI=1S/C11H13NO4/c1-15-7-10-4-2-9(3-5-10)6-12-16-8-11(13)14/h2-6H,7-8H2,1H3,(H,13,14). The molecule has 0 saturated carbocycles. The molecular formula is C11H13NO4. The third-order valence-corrected chi connectivity index (χ3v) is 1.76. The highest BCUT2D eigenvalue weighted by Gasteiger charge is 1.94. The summed E-state index contributed by atoms with van der Waals surface area (Å²) in [7, 11) is 1.63. The van der Waals surface area contributed by atoms with Crippen molar-refractivity contribution in [2.75, 3.05) is 13.7 Å². The van der Waals surface area contributed by atoms with Crippen molar-refractivity contribution in [3.8, 4) is 0 Å². The van der Waals surface area contributed by atoms with E-state index in [1.54, 1.807) is 7.11 Å². The Bertz CT molecular complexity index is 359. The minimum absolute atomic E-state index is 0.432. The van der Waals surface area contributed by atoms with Gasteiger partial charge in [-0.2, -0.15) is 0 Å². The Labute approximate surface area is 93.3 Å². The third-order valence-electron chi connectivity index (χ3n) is 1.76. The van der Waals surface area contributed by atoms with E-state index in [0.29, 0.717) is 6.61 Å². The molecule has 0 aliphatic rings. The normalized spacial score (nSPS) is 10.6. The lowest BCUT2D eigenvalue weighted by Gasteiger charge is -1.99. The average molecular weight is 223 g/mol. The second-order valence-corrected chi connectivity index (χ2v) is 3.08. The van der Waals surface area contributed by atoms with E-state index >= 15 is 0 Å². The Morgan fingerprint density at radius 1 is 1.44 bits per heavy atom. The maximum Gasteiger partial charge on any atom is 0.344 e. The number of carboxylic acids is 1. The van der Waals surface area contributed by atoms with Gasteiger partial charge in [-0.15, -0.1) is 0 Å². The number of methoxy groups -OCH3 is 1. The molecule has 0 amide bonds. The van der Waals surface area contributed by atoms with Crippen LogP contribution in [0.2, 0.25) is 0 Å². The molecule has 5 nitrogen and oxygen atoms in total. The van der Waals surface area contributed by atoms with Crippen LogP contribution in [0.15, 0.2) is 29.4 Å². The van der Waals surface area contributed by atoms with Crippen molar-refractivity contribution >= 4 is 12.2 Å². The van der Waals surface area contributed by atoms with Crippen molar-refractivity contribution < 1.29 is 19.5 Å². The molecule has 0 bridgehead atoms. The fourth-order valence-electron chi connectivity index (χ4n) is 1.06. The number of aliphatic carboxylic acids is 1. The third kappa shape index (κ3) is 4.56. The number of oxime groups is 1. The monoisotopic (exact) mass is 223 g/mol. The molecule has 0 radical (unpaired) electrons. The van der Waals surface area contributed by atoms with Gasteiger partial charge in [-0.3, -0.25) is 0 Å². The molecule has 1 aromatic carbocycles. The lowest BCUT2D eigenvalue weighted by atomic mass is 10.1. The number of carboxylic acid groups (broad SMARTS) is 1. The van der Waals surface area contributed by atoms with E-state index in [1.165, 1.54) is 6.21 Å². The minimum Gasteiger partial charge on any atom is -0.479 e. The molecule has 1 rings (SSSR count). The molecule has 5 heteroatoms. The Balaban J connectivity index is 2.45. The lowest BCUT2D eigenvalue weighted by molar-refractivity contribution is -0.142. The summed E-state index contributed by atoms with van der Waals surface area (Å²) in [5.41, 5.74) is 1.90. The number of hydrogen-bond donors (Lipinski definition) is 1. The van der Waals surface area contributed by atoms with Gasteiger partial charge < -0.3 is 14.7 Å². The highest BCUT2D eigenvalue weighted by molar-refractivity contribution is 5.79. The van der Waals surface area contributed by atoms with Gasteiger partial charge in [0.1, 0.15) is 0 Å². The van der Waals surface area contributed by atoms with E-state index < -0.39 is 12.6 Å². The molecule has 0 aromatic heterocycles. The number of nitrogens with zero attached hydrogens (tertiary/aromatic N) is 1. The average Bonchev–Trinajstić information content (AvgIpc) is 2.27. The van der Waals surface area contributed by atoms with Crippen molar-refractivity contribution in [1.82, 2.24) is 0 Å². The second kappa shape index (κ2) is 6.58. The number of carbonyl (C=O) groups is 1. The number of rotatable bonds is 6. The molecule has 0 atom stereocenters. The van der Waals surface area contributed by atoms with Crippen LogP contribution >= 0.6 is 0 Å². The molecule has 0 unspecified atom stereocenters. The van der Waals surface area contributed by atoms with Crippen LogP contribution in [0.25, 0.3) is 0 Å². The Morgan fingerprint density at radius 3 is 2.69 bits per heavy atom. The van der Waals surface area contributed by atoms with Crippen molar-refractivity contribution in [3.05, 3.63) is 35.4 Å². The first-order valence-corrected chi connectivity index (χ1v) is 4.67. The molecule has 0 heterocycles. The van der Waals surface area contributed by atoms with E-state index in [0.717, 1.165) is 11.1 Å². The molecular weight excluding hydrogens is 210 g/mol. The van der Waals surface area contributed by atoms with E-state index in [9.17, 15) is 4.79 Å². The highest BCUT2D eigenvalue weighted by atomic mass is 16.6. The van der Waals surface area contributed by atoms with Gasteiger partial charge in [-0.25, -0.2) is 4.79 Å². The second-order valence-electron chi connectivity index (χ2n) is 3.08. The largest absolute Gasteiger partial charge is 0.479 e. The first kappa shape index (κ1) is 12.2. The quantitative estimate of drug-likeness (QED) is 0.582. The van der Waals surface area contributed by atoms with Gasteiger partial charge in [0.05, 0.1) is 12.8 Å². The van der Waals surface area contributed by atoms with Crippen LogP contribution in [0.1, 0.15) is 11.1 Å². The van der Waals surface area contributed by atoms with Crippen molar-refractivity contribution in [1.29, 1.82) is 0 Å². The zero-order chi connectivity index (χ0) is 11.8. The van der Waals surface area contributed by atoms with Gasteiger partial charge in [-0.05, 0) is 11.1 Å². The van der Waals surface area contributed by atoms with Gasteiger partial charge in [0.15, 0.2) is 0 Å². The number of ether oxygens (including phenoxy) is 1. The van der Waals surface area contributed by atoms with Gasteiger partial charge in [0.25, 0.3) is 0 Å². The first-order valence-electron chi connectivity index (χ1n) is 4.67. The fraction of sp³-hybridized carbons (Fsp3) is 0.273. The topological polar surface area (TPSA) is 68.1 Å². The summed E-state index contributed by atoms with van der Waals surface area (Å²) in [5.74, 6) is -1.05. The molecule has 1 N–H and O–H groups in total. The molecule has 0 fully saturated rings. The van der Waals surface area contributed by atoms with Crippen molar-refractivity contribution in [3.63, 3.8) is 0 Å². The molecule has 0 saturated heterocycles. The molecule has 0 aliphatic heterocycles. The van der Waals surface area contributed by atoms with Gasteiger partial charge >= 0.3 is 5.97 Å². The molecule has 86 valence electrons. The van der Waals surface area contributed by atoms with Crippen LogP contribution in [0, 0.1) is 0 Å². The zero-order valence-corrected chi connectivity index (χ0v) is 8.92. The minimum atomic E-state index is -1.05. The van der Waals surface area contributed by atoms with E-state index in [2.05, 4.69) is 9.99 Å². The predicted octanol–water partition coefficient (Wildman–Crippen LogP) is 1.27. The van der Waals surface area contributed by atoms with E-state index in [4.69, 9.17) is 9.84 Å². The Hall–Kier alpha value is -1.88. The molecule has 0 aliphatic carbocycles. The van der Waals surface area contributed by atoms with E-state index in [1.807, 2.05) is 24.3 Å². The van der Waals surface area contributed by atoms with Crippen LogP contribution in [0.5, 0.6) is 0 Å². The van der Waals surface area contributed by atoms with Crippen LogP contribution < -0.4 is 0 Å². The summed E-state index contributed by atoms with van der Waals surface area (Å²) in [6.07, 6.45) is 1.46. The lowest BCUT2D eigenvalue weighted by Crippen LogP contribution is -2.03. The summed E-state index contributed by atoms with van der Waals surface area (Å²) >= 11 is 0. The van der Waals surface area contributed by atoms with Gasteiger partial charge in [0, 0.05) is 7.11 Å². The zero-order valence-electron chi connectivity index (χ0n) is 8.92. The summed E-state index contributed by atoms with van der Waals surface area (Å²) in [5, 5.41) is 11.8. The maximum atomic E-state index is 10.1. The van der Waals surface area contributed by atoms with Gasteiger partial charge in [0.2, 0.25) is 6.61 Å². The predicted molar refractivity (Wildman–Crippen MR) is 58.3 cm³/mol. The summed E-state index contributed by atoms with van der Waals surface area (Å²) < 4.78 is 4.97. The molecule has 16 heavy (non-hydrogen) atoms. The van der Waals surface area contributed by atoms with Crippen molar-refractivity contribution in [2.24, 2.45) is 5.16 Å². The molecule has 1 aromatic rings. The molecule has 0 spiro atoms. The Kier molecular flexibility index (Phi) is 5.01. The smallest absolute Gasteiger partial charge is 0.344 e. The van der Waals surface area contributed by atoms with E-state index in [-0.39, 0.29) is 0 Å². The summed E-state index contributed by atoms with van der Waals surface area (Å²) in [4.78, 5) is 14.6. The SMILES string of the molecule is COCc1ccc(C=NOCC(=O)O)cc1. The maximum absolute atomic E-state index is 10.1. The van der Waals surface area contributed by atoms with Crippen LogP contribution in [-0.4, -0.2) is 31.0 Å². The van der Waals surface area contributed by atoms with Crippen molar-refractivity contribution in [2.45, 2.75) is 6.61 Å². The summed E-state index contributed by atoms with van der Waals surface area (Å²) in [6, 6.07) is 7.51. The first-order chi connectivity index (χ1) is 7.72. The van der Waals surface area contributed by atoms with Gasteiger partial charge in [-0.1, -0.05) is 29.4 Å². The van der Waals surface area contributed by atoms with Crippen LogP contribution in [0.3, 0.4) is 0 Å². The van der Waals surface area contributed by atoms with Crippen LogP contribution in [0.4, 0.5) is 0 Å². The Morgan fingerprint density at radius 2 is 2.12 bits per heavy atom. The summed E-state index contributed by atoms with van der Waals surface area (Å²) in [6.45, 7) is 0.130. The highest BCUT2D eigenvalue weighted by Crippen LogP contribution is 2.03. The van der Waals surface area contributed by atoms with Crippen LogP contribution in [-0.2, 0) is 21.0 Å². The fourth-order valence-corrected chi connectivity index (χ4v) is 1.06.